The van der Waals surface area contributed by atoms with Crippen molar-refractivity contribution in [2.45, 2.75) is 18.6 Å². The van der Waals surface area contributed by atoms with E-state index in [4.69, 9.17) is 16.7 Å². The SMILES string of the molecule is O=C(O)[C@@H]1C[C@H](O)CN1C(=O)Nc1cc(F)cc(Cl)c1. The maximum Gasteiger partial charge on any atom is 0.326 e. The summed E-state index contributed by atoms with van der Waals surface area (Å²) in [5.74, 6) is -1.82. The van der Waals surface area contributed by atoms with E-state index in [0.29, 0.717) is 0 Å². The Labute approximate surface area is 118 Å². The van der Waals surface area contributed by atoms with Gasteiger partial charge in [-0.3, -0.25) is 0 Å². The molecular weight excluding hydrogens is 291 g/mol. The first kappa shape index (κ1) is 14.5. The van der Waals surface area contributed by atoms with Crippen LogP contribution in [0.1, 0.15) is 6.42 Å². The van der Waals surface area contributed by atoms with Gasteiger partial charge in [-0.1, -0.05) is 11.6 Å². The summed E-state index contributed by atoms with van der Waals surface area (Å²) in [4.78, 5) is 24.0. The third-order valence-corrected chi connectivity index (χ3v) is 3.16. The van der Waals surface area contributed by atoms with Crippen molar-refractivity contribution < 1.29 is 24.2 Å². The molecule has 0 bridgehead atoms. The number of aliphatic hydroxyl groups is 1. The normalized spacial score (nSPS) is 21.9. The Morgan fingerprint density at radius 2 is 2.10 bits per heavy atom. The summed E-state index contributed by atoms with van der Waals surface area (Å²) in [5.41, 5.74) is 0.116. The highest BCUT2D eigenvalue weighted by Gasteiger charge is 2.39. The first-order chi connectivity index (χ1) is 9.36. The second-order valence-electron chi connectivity index (χ2n) is 4.48. The fraction of sp³-hybridized carbons (Fsp3) is 0.333. The summed E-state index contributed by atoms with van der Waals surface area (Å²) in [6.45, 7) is -0.0914. The Kier molecular flexibility index (Phi) is 4.10. The molecule has 1 aliphatic heterocycles. The zero-order chi connectivity index (χ0) is 14.9. The van der Waals surface area contributed by atoms with Crippen LogP contribution < -0.4 is 5.32 Å². The van der Waals surface area contributed by atoms with E-state index in [0.717, 1.165) is 17.0 Å². The summed E-state index contributed by atoms with van der Waals surface area (Å²) in [5, 5.41) is 20.9. The molecule has 2 rings (SSSR count). The van der Waals surface area contributed by atoms with Gasteiger partial charge in [0.25, 0.3) is 0 Å². The number of carbonyl (C=O) groups is 2. The molecule has 1 aromatic carbocycles. The number of carboxylic acid groups (broad SMARTS) is 1. The fourth-order valence-electron chi connectivity index (χ4n) is 2.09. The molecule has 0 unspecified atom stereocenters. The number of hydrogen-bond donors (Lipinski definition) is 3. The lowest BCUT2D eigenvalue weighted by molar-refractivity contribution is -0.141. The lowest BCUT2D eigenvalue weighted by atomic mass is 10.2. The number of likely N-dealkylation sites (tertiary alicyclic amines) is 1. The molecule has 0 radical (unpaired) electrons. The highest BCUT2D eigenvalue weighted by molar-refractivity contribution is 6.30. The minimum atomic E-state index is -1.20. The number of nitrogens with one attached hydrogen (secondary N) is 1. The molecule has 0 aliphatic carbocycles. The Hall–Kier alpha value is -1.86. The second-order valence-corrected chi connectivity index (χ2v) is 4.92. The number of hydrogen-bond acceptors (Lipinski definition) is 3. The van der Waals surface area contributed by atoms with E-state index >= 15 is 0 Å². The van der Waals surface area contributed by atoms with Crippen molar-refractivity contribution in [3.63, 3.8) is 0 Å². The number of carbonyl (C=O) groups excluding carboxylic acids is 1. The van der Waals surface area contributed by atoms with E-state index in [1.54, 1.807) is 0 Å². The quantitative estimate of drug-likeness (QED) is 0.773. The fourth-order valence-corrected chi connectivity index (χ4v) is 2.32. The first-order valence-electron chi connectivity index (χ1n) is 5.81. The zero-order valence-electron chi connectivity index (χ0n) is 10.2. The van der Waals surface area contributed by atoms with E-state index < -0.39 is 30.0 Å². The molecule has 1 aliphatic rings. The van der Waals surface area contributed by atoms with E-state index in [-0.39, 0.29) is 23.7 Å². The second kappa shape index (κ2) is 5.64. The van der Waals surface area contributed by atoms with Crippen LogP contribution in [0, 0.1) is 5.82 Å². The average Bonchev–Trinajstić information content (AvgIpc) is 2.70. The number of aliphatic hydroxyl groups excluding tert-OH is 1. The molecule has 0 aromatic heterocycles. The van der Waals surface area contributed by atoms with Crippen LogP contribution in [-0.2, 0) is 4.79 Å². The van der Waals surface area contributed by atoms with Crippen molar-refractivity contribution in [1.82, 2.24) is 4.90 Å². The molecule has 3 N–H and O–H groups in total. The average molecular weight is 303 g/mol. The zero-order valence-corrected chi connectivity index (χ0v) is 11.0. The lowest BCUT2D eigenvalue weighted by Gasteiger charge is -2.21. The molecular formula is C12H12ClFN2O4. The van der Waals surface area contributed by atoms with Crippen LogP contribution in [0.4, 0.5) is 14.9 Å². The van der Waals surface area contributed by atoms with Crippen LogP contribution in [-0.4, -0.2) is 45.8 Å². The lowest BCUT2D eigenvalue weighted by Crippen LogP contribution is -2.43. The first-order valence-corrected chi connectivity index (χ1v) is 6.19. The summed E-state index contributed by atoms with van der Waals surface area (Å²) in [6, 6.07) is 1.65. The van der Waals surface area contributed by atoms with Gasteiger partial charge in [0.05, 0.1) is 6.10 Å². The largest absolute Gasteiger partial charge is 0.480 e. The molecule has 6 nitrogen and oxygen atoms in total. The maximum absolute atomic E-state index is 13.1. The molecule has 1 heterocycles. The molecule has 2 atom stereocenters. The van der Waals surface area contributed by atoms with Gasteiger partial charge in [-0.15, -0.1) is 0 Å². The number of urea groups is 1. The van der Waals surface area contributed by atoms with Crippen molar-refractivity contribution in [2.24, 2.45) is 0 Å². The number of carboxylic acids is 1. The predicted molar refractivity (Wildman–Crippen MR) is 69.2 cm³/mol. The van der Waals surface area contributed by atoms with Crippen LogP contribution >= 0.6 is 11.6 Å². The standard InChI is InChI=1S/C12H12ClFN2O4/c13-6-1-7(14)3-8(2-6)15-12(20)16-5-9(17)4-10(16)11(18)19/h1-3,9-10,17H,4-5H2,(H,15,20)(H,18,19)/t9-,10-/m0/s1. The van der Waals surface area contributed by atoms with Crippen LogP contribution in [0.5, 0.6) is 0 Å². The monoisotopic (exact) mass is 302 g/mol. The van der Waals surface area contributed by atoms with Gasteiger partial charge in [0.1, 0.15) is 11.9 Å². The number of halogens is 2. The minimum Gasteiger partial charge on any atom is -0.480 e. The van der Waals surface area contributed by atoms with Crippen molar-refractivity contribution in [3.05, 3.63) is 29.0 Å². The molecule has 1 fully saturated rings. The van der Waals surface area contributed by atoms with Gasteiger partial charge >= 0.3 is 12.0 Å². The predicted octanol–water partition coefficient (Wildman–Crippen LogP) is 1.53. The number of benzene rings is 1. The molecule has 20 heavy (non-hydrogen) atoms. The van der Waals surface area contributed by atoms with Gasteiger partial charge in [-0.05, 0) is 18.2 Å². The van der Waals surface area contributed by atoms with Gasteiger partial charge in [-0.25, -0.2) is 14.0 Å². The van der Waals surface area contributed by atoms with Crippen LogP contribution in [0.3, 0.4) is 0 Å². The Bertz CT molecular complexity index is 534. The summed E-state index contributed by atoms with van der Waals surface area (Å²) in [7, 11) is 0. The van der Waals surface area contributed by atoms with Crippen molar-refractivity contribution in [3.8, 4) is 0 Å². The van der Waals surface area contributed by atoms with E-state index in [1.165, 1.54) is 6.07 Å². The van der Waals surface area contributed by atoms with Crippen molar-refractivity contribution in [2.75, 3.05) is 11.9 Å². The number of amides is 2. The summed E-state index contributed by atoms with van der Waals surface area (Å²) in [6.07, 6.45) is -0.926. The Balaban J connectivity index is 2.13. The maximum atomic E-state index is 13.1. The number of nitrogens with zero attached hydrogens (tertiary/aromatic N) is 1. The molecule has 8 heteroatoms. The molecule has 0 spiro atoms. The number of rotatable bonds is 2. The smallest absolute Gasteiger partial charge is 0.326 e. The Morgan fingerprint density at radius 3 is 2.70 bits per heavy atom. The van der Waals surface area contributed by atoms with Gasteiger partial charge in [0, 0.05) is 23.7 Å². The van der Waals surface area contributed by atoms with Crippen LogP contribution in [0.15, 0.2) is 18.2 Å². The summed E-state index contributed by atoms with van der Waals surface area (Å²) >= 11 is 5.66. The number of β-amino-alcohol motifs (C(OH)–C–C–N with tert-alkyl or cyclic N) is 1. The van der Waals surface area contributed by atoms with Crippen molar-refractivity contribution >= 4 is 29.3 Å². The molecule has 2 amide bonds. The van der Waals surface area contributed by atoms with Crippen molar-refractivity contribution in [1.29, 1.82) is 0 Å². The third kappa shape index (κ3) is 3.17. The van der Waals surface area contributed by atoms with Crippen LogP contribution in [0.25, 0.3) is 0 Å². The molecule has 1 saturated heterocycles. The van der Waals surface area contributed by atoms with Gasteiger partial charge in [0.2, 0.25) is 0 Å². The Morgan fingerprint density at radius 1 is 1.40 bits per heavy atom. The van der Waals surface area contributed by atoms with E-state index in [2.05, 4.69) is 5.32 Å². The minimum absolute atomic E-state index is 0.0351. The number of anilines is 1. The highest BCUT2D eigenvalue weighted by Crippen LogP contribution is 2.22. The van der Waals surface area contributed by atoms with Gasteiger partial charge < -0.3 is 20.4 Å². The highest BCUT2D eigenvalue weighted by atomic mass is 35.5. The van der Waals surface area contributed by atoms with Gasteiger partial charge in [0.15, 0.2) is 0 Å². The third-order valence-electron chi connectivity index (χ3n) is 2.94. The number of aliphatic carboxylic acids is 1. The summed E-state index contributed by atoms with van der Waals surface area (Å²) < 4.78 is 13.1. The molecule has 1 aromatic rings. The van der Waals surface area contributed by atoms with E-state index in [1.807, 2.05) is 0 Å². The van der Waals surface area contributed by atoms with E-state index in [9.17, 15) is 19.1 Å². The molecule has 108 valence electrons. The van der Waals surface area contributed by atoms with Crippen LogP contribution in [0.2, 0.25) is 5.02 Å². The van der Waals surface area contributed by atoms with Gasteiger partial charge in [-0.2, -0.15) is 0 Å². The molecule has 0 saturated carbocycles. The topological polar surface area (TPSA) is 89.9 Å².